The number of amides is 1. The van der Waals surface area contributed by atoms with Crippen LogP contribution in [0.15, 0.2) is 54.6 Å². The molecule has 2 aromatic carbocycles. The molecule has 3 nitrogen and oxygen atoms in total. The molecule has 0 aliphatic heterocycles. The van der Waals surface area contributed by atoms with Crippen molar-refractivity contribution in [3.05, 3.63) is 60.2 Å². The summed E-state index contributed by atoms with van der Waals surface area (Å²) in [5.41, 5.74) is 9.23. The Morgan fingerprint density at radius 2 is 1.67 bits per heavy atom. The predicted octanol–water partition coefficient (Wildman–Crippen LogP) is 2.61. The fourth-order valence-electron chi connectivity index (χ4n) is 2.35. The number of carbonyl (C=O) groups excluding carboxylic acids is 1. The quantitative estimate of drug-likeness (QED) is 0.855. The van der Waals surface area contributed by atoms with Crippen molar-refractivity contribution < 1.29 is 4.79 Å². The van der Waals surface area contributed by atoms with Crippen molar-refractivity contribution in [3.63, 3.8) is 0 Å². The molecule has 2 aromatic rings. The van der Waals surface area contributed by atoms with E-state index in [1.54, 1.807) is 0 Å². The summed E-state index contributed by atoms with van der Waals surface area (Å²) < 4.78 is 0. The largest absolute Gasteiger partial charge is 0.356 e. The van der Waals surface area contributed by atoms with E-state index >= 15 is 0 Å². The van der Waals surface area contributed by atoms with Crippen LogP contribution in [-0.4, -0.2) is 19.0 Å². The third-order valence-electron chi connectivity index (χ3n) is 3.55. The maximum atomic E-state index is 11.9. The fraction of sp³-hybridized carbons (Fsp3) is 0.278. The Bertz CT molecular complexity index is 564. The van der Waals surface area contributed by atoms with Crippen LogP contribution in [-0.2, 0) is 11.2 Å². The third-order valence-corrected chi connectivity index (χ3v) is 3.55. The van der Waals surface area contributed by atoms with Crippen molar-refractivity contribution in [1.29, 1.82) is 0 Å². The molecule has 0 fully saturated rings. The molecule has 0 aromatic heterocycles. The molecular weight excluding hydrogens is 260 g/mol. The van der Waals surface area contributed by atoms with Gasteiger partial charge in [0, 0.05) is 13.1 Å². The Morgan fingerprint density at radius 3 is 2.24 bits per heavy atom. The lowest BCUT2D eigenvalue weighted by Crippen LogP contribution is -2.36. The molecule has 1 amide bonds. The highest BCUT2D eigenvalue weighted by atomic mass is 16.1. The average molecular weight is 282 g/mol. The van der Waals surface area contributed by atoms with E-state index in [9.17, 15) is 4.79 Å². The second-order valence-electron chi connectivity index (χ2n) is 5.09. The van der Waals surface area contributed by atoms with Crippen molar-refractivity contribution in [2.45, 2.75) is 13.3 Å². The van der Waals surface area contributed by atoms with Crippen molar-refractivity contribution in [3.8, 4) is 11.1 Å². The molecule has 1 unspecified atom stereocenters. The Hall–Kier alpha value is -2.13. The summed E-state index contributed by atoms with van der Waals surface area (Å²) in [5.74, 6) is -0.125. The number of benzene rings is 2. The number of hydrogen-bond acceptors (Lipinski definition) is 2. The molecule has 0 heterocycles. The Morgan fingerprint density at radius 1 is 1.05 bits per heavy atom. The maximum absolute atomic E-state index is 11.9. The first-order valence-electron chi connectivity index (χ1n) is 7.36. The zero-order valence-corrected chi connectivity index (χ0v) is 12.4. The van der Waals surface area contributed by atoms with Crippen LogP contribution < -0.4 is 11.1 Å². The van der Waals surface area contributed by atoms with Crippen LogP contribution in [0.5, 0.6) is 0 Å². The molecule has 0 saturated carbocycles. The van der Waals surface area contributed by atoms with Gasteiger partial charge in [0.25, 0.3) is 0 Å². The maximum Gasteiger partial charge on any atom is 0.224 e. The number of rotatable bonds is 6. The third kappa shape index (κ3) is 4.17. The smallest absolute Gasteiger partial charge is 0.224 e. The summed E-state index contributed by atoms with van der Waals surface area (Å²) in [6.45, 7) is 2.93. The van der Waals surface area contributed by atoms with Gasteiger partial charge in [-0.05, 0) is 30.0 Å². The lowest BCUT2D eigenvalue weighted by atomic mass is 9.96. The minimum atomic E-state index is -0.160. The summed E-state index contributed by atoms with van der Waals surface area (Å²) >= 11 is 0. The van der Waals surface area contributed by atoms with Crippen LogP contribution in [0.25, 0.3) is 11.1 Å². The monoisotopic (exact) mass is 282 g/mol. The summed E-state index contributed by atoms with van der Waals surface area (Å²) in [7, 11) is 0. The topological polar surface area (TPSA) is 55.1 Å². The van der Waals surface area contributed by atoms with Gasteiger partial charge in [-0.2, -0.15) is 0 Å². The fourth-order valence-corrected chi connectivity index (χ4v) is 2.35. The molecule has 0 aliphatic rings. The van der Waals surface area contributed by atoms with Crippen LogP contribution >= 0.6 is 0 Å². The summed E-state index contributed by atoms with van der Waals surface area (Å²) in [6, 6.07) is 18.6. The SMILES string of the molecule is CCNC(=O)C(CN)Cc1ccc(-c2ccccc2)cc1. The second-order valence-corrected chi connectivity index (χ2v) is 5.09. The van der Waals surface area contributed by atoms with E-state index in [-0.39, 0.29) is 11.8 Å². The summed E-state index contributed by atoms with van der Waals surface area (Å²) in [6.07, 6.45) is 0.678. The van der Waals surface area contributed by atoms with Gasteiger partial charge in [-0.3, -0.25) is 4.79 Å². The van der Waals surface area contributed by atoms with Gasteiger partial charge in [0.05, 0.1) is 5.92 Å². The average Bonchev–Trinajstić information content (AvgIpc) is 2.54. The minimum Gasteiger partial charge on any atom is -0.356 e. The van der Waals surface area contributed by atoms with Gasteiger partial charge in [0.2, 0.25) is 5.91 Å². The molecule has 21 heavy (non-hydrogen) atoms. The summed E-state index contributed by atoms with van der Waals surface area (Å²) in [5, 5.41) is 2.84. The summed E-state index contributed by atoms with van der Waals surface area (Å²) in [4.78, 5) is 11.9. The van der Waals surface area contributed by atoms with Crippen LogP contribution in [0.4, 0.5) is 0 Å². The van der Waals surface area contributed by atoms with Crippen molar-refractivity contribution in [2.75, 3.05) is 13.1 Å². The highest BCUT2D eigenvalue weighted by molar-refractivity contribution is 5.79. The molecule has 2 rings (SSSR count). The molecule has 3 N–H and O–H groups in total. The van der Waals surface area contributed by atoms with Gasteiger partial charge in [-0.1, -0.05) is 54.6 Å². The van der Waals surface area contributed by atoms with E-state index < -0.39 is 0 Å². The predicted molar refractivity (Wildman–Crippen MR) is 86.8 cm³/mol. The Labute approximate surface area is 126 Å². The van der Waals surface area contributed by atoms with E-state index in [0.717, 1.165) is 5.56 Å². The van der Waals surface area contributed by atoms with Crippen LogP contribution in [0.3, 0.4) is 0 Å². The van der Waals surface area contributed by atoms with Crippen LogP contribution in [0.2, 0.25) is 0 Å². The molecule has 110 valence electrons. The first kappa shape index (κ1) is 15.3. The normalized spacial score (nSPS) is 11.9. The Balaban J connectivity index is 2.07. The second kappa shape index (κ2) is 7.60. The van der Waals surface area contributed by atoms with E-state index in [1.807, 2.05) is 25.1 Å². The van der Waals surface area contributed by atoms with Crippen molar-refractivity contribution >= 4 is 5.91 Å². The highest BCUT2D eigenvalue weighted by Gasteiger charge is 2.16. The standard InChI is InChI=1S/C18H22N2O/c1-2-20-18(21)17(13-19)12-14-8-10-16(11-9-14)15-6-4-3-5-7-15/h3-11,17H,2,12-13,19H2,1H3,(H,20,21). The number of carbonyl (C=O) groups is 1. The van der Waals surface area contributed by atoms with Crippen molar-refractivity contribution in [2.24, 2.45) is 11.7 Å². The molecule has 1 atom stereocenters. The molecule has 0 spiro atoms. The lowest BCUT2D eigenvalue weighted by Gasteiger charge is -2.14. The molecule has 3 heteroatoms. The van der Waals surface area contributed by atoms with E-state index in [1.165, 1.54) is 11.1 Å². The lowest BCUT2D eigenvalue weighted by molar-refractivity contribution is -0.124. The number of nitrogens with one attached hydrogen (secondary N) is 1. The molecule has 0 saturated heterocycles. The Kier molecular flexibility index (Phi) is 5.52. The van der Waals surface area contributed by atoms with Crippen LogP contribution in [0.1, 0.15) is 12.5 Å². The van der Waals surface area contributed by atoms with E-state index in [2.05, 4.69) is 41.7 Å². The van der Waals surface area contributed by atoms with E-state index in [4.69, 9.17) is 5.73 Å². The molecular formula is C18H22N2O. The molecule has 0 radical (unpaired) electrons. The van der Waals surface area contributed by atoms with Crippen LogP contribution in [0, 0.1) is 5.92 Å². The number of nitrogens with two attached hydrogens (primary N) is 1. The van der Waals surface area contributed by atoms with E-state index in [0.29, 0.717) is 19.5 Å². The van der Waals surface area contributed by atoms with Gasteiger partial charge < -0.3 is 11.1 Å². The van der Waals surface area contributed by atoms with Gasteiger partial charge in [-0.15, -0.1) is 0 Å². The minimum absolute atomic E-state index is 0.0344. The number of hydrogen-bond donors (Lipinski definition) is 2. The highest BCUT2D eigenvalue weighted by Crippen LogP contribution is 2.20. The van der Waals surface area contributed by atoms with Gasteiger partial charge >= 0.3 is 0 Å². The van der Waals surface area contributed by atoms with Crippen molar-refractivity contribution in [1.82, 2.24) is 5.32 Å². The zero-order valence-electron chi connectivity index (χ0n) is 12.4. The first-order valence-corrected chi connectivity index (χ1v) is 7.36. The molecule has 0 bridgehead atoms. The zero-order chi connectivity index (χ0) is 15.1. The van der Waals surface area contributed by atoms with Gasteiger partial charge in [0.15, 0.2) is 0 Å². The first-order chi connectivity index (χ1) is 10.2. The molecule has 0 aliphatic carbocycles. The van der Waals surface area contributed by atoms with Gasteiger partial charge in [-0.25, -0.2) is 0 Å². The van der Waals surface area contributed by atoms with Gasteiger partial charge in [0.1, 0.15) is 0 Å².